The number of ether oxygens (including phenoxy) is 2. The number of hydrogen-bond acceptors (Lipinski definition) is 5. The number of H-pyrrole nitrogens is 1. The van der Waals surface area contributed by atoms with E-state index in [1.165, 1.54) is 5.56 Å². The lowest BCUT2D eigenvalue weighted by molar-refractivity contribution is 0.0488. The number of hydrogen-bond donors (Lipinski definition) is 3. The summed E-state index contributed by atoms with van der Waals surface area (Å²) in [7, 11) is 0. The second-order valence-electron chi connectivity index (χ2n) is 11.0. The summed E-state index contributed by atoms with van der Waals surface area (Å²) in [6, 6.07) is 28.3. The molecule has 2 aromatic heterocycles. The first-order valence-corrected chi connectivity index (χ1v) is 13.8. The molecule has 0 aliphatic heterocycles. The Labute approximate surface area is 240 Å². The molecule has 3 N–H and O–H groups in total. The van der Waals surface area contributed by atoms with E-state index in [2.05, 4.69) is 63.1 Å². The molecule has 0 radical (unpaired) electrons. The minimum Gasteiger partial charge on any atom is -0.490 e. The zero-order chi connectivity index (χ0) is 28.7. The van der Waals surface area contributed by atoms with Crippen LogP contribution < -0.4 is 15.4 Å². The monoisotopic (exact) mass is 548 g/mol. The Morgan fingerprint density at radius 1 is 0.927 bits per heavy atom. The van der Waals surface area contributed by atoms with Crippen LogP contribution >= 0.6 is 0 Å². The molecular weight excluding hydrogens is 512 g/mol. The molecule has 0 saturated heterocycles. The molecule has 0 spiro atoms. The zero-order valence-corrected chi connectivity index (χ0v) is 23.7. The van der Waals surface area contributed by atoms with Crippen LogP contribution in [0.1, 0.15) is 31.9 Å². The number of alkyl carbamates (subject to hydrolysis) is 1. The minimum atomic E-state index is -0.596. The number of nitrogens with one attached hydrogen (secondary N) is 3. The van der Waals surface area contributed by atoms with Crippen LogP contribution in [0.25, 0.3) is 22.0 Å². The fourth-order valence-corrected chi connectivity index (χ4v) is 4.62. The average molecular weight is 549 g/mol. The van der Waals surface area contributed by atoms with Crippen LogP contribution in [0.2, 0.25) is 0 Å². The summed E-state index contributed by atoms with van der Waals surface area (Å²) < 4.78 is 11.7. The summed E-state index contributed by atoms with van der Waals surface area (Å²) >= 11 is 0. The normalized spacial score (nSPS) is 12.1. The molecule has 210 valence electrons. The van der Waals surface area contributed by atoms with E-state index in [0.717, 1.165) is 39.8 Å². The van der Waals surface area contributed by atoms with Gasteiger partial charge in [0.2, 0.25) is 0 Å². The van der Waals surface area contributed by atoms with E-state index in [9.17, 15) is 4.79 Å². The largest absolute Gasteiger partial charge is 0.490 e. The van der Waals surface area contributed by atoms with Crippen molar-refractivity contribution >= 4 is 22.7 Å². The van der Waals surface area contributed by atoms with Crippen LogP contribution in [-0.2, 0) is 17.7 Å². The van der Waals surface area contributed by atoms with E-state index >= 15 is 0 Å². The predicted molar refractivity (Wildman–Crippen MR) is 164 cm³/mol. The maximum atomic E-state index is 12.7. The van der Waals surface area contributed by atoms with Crippen LogP contribution in [0, 0.1) is 0 Å². The number of aromatic nitrogens is 2. The Bertz CT molecular complexity index is 1570. The molecule has 0 bridgehead atoms. The molecule has 7 heteroatoms. The van der Waals surface area contributed by atoms with E-state index in [1.807, 2.05) is 75.6 Å². The maximum absolute atomic E-state index is 12.7. The zero-order valence-electron chi connectivity index (χ0n) is 23.7. The van der Waals surface area contributed by atoms with Gasteiger partial charge in [0.15, 0.2) is 0 Å². The average Bonchev–Trinajstić information content (AvgIpc) is 3.37. The van der Waals surface area contributed by atoms with Gasteiger partial charge in [-0.1, -0.05) is 60.7 Å². The number of rotatable bonds is 10. The van der Waals surface area contributed by atoms with Crippen molar-refractivity contribution in [3.63, 3.8) is 0 Å². The summed E-state index contributed by atoms with van der Waals surface area (Å²) in [6.07, 6.45) is 5.61. The predicted octanol–water partition coefficient (Wildman–Crippen LogP) is 7.36. The van der Waals surface area contributed by atoms with Crippen molar-refractivity contribution < 1.29 is 14.3 Å². The van der Waals surface area contributed by atoms with Gasteiger partial charge >= 0.3 is 6.09 Å². The lowest BCUT2D eigenvalue weighted by Crippen LogP contribution is -2.43. The summed E-state index contributed by atoms with van der Waals surface area (Å²) in [5.74, 6) is 0.632. The van der Waals surface area contributed by atoms with Crippen molar-refractivity contribution in [2.45, 2.75) is 45.4 Å². The van der Waals surface area contributed by atoms with E-state index in [1.54, 1.807) is 6.20 Å². The smallest absolute Gasteiger partial charge is 0.408 e. The van der Waals surface area contributed by atoms with Gasteiger partial charge in [0.05, 0.1) is 12.2 Å². The topological polar surface area (TPSA) is 88.3 Å². The Morgan fingerprint density at radius 3 is 2.46 bits per heavy atom. The molecule has 2 heterocycles. The molecular formula is C34H36N4O3. The summed E-state index contributed by atoms with van der Waals surface area (Å²) in [5.41, 5.74) is 5.84. The van der Waals surface area contributed by atoms with Gasteiger partial charge in [0, 0.05) is 41.1 Å². The fourth-order valence-electron chi connectivity index (χ4n) is 4.62. The standard InChI is InChI=1S/C34H36N4O3/c1-34(2,3)41-33(39)38-29(17-27-21-37-32-12-8-7-11-31(27)32)23-40-30-18-26(20-35-22-30)25-15-13-24(14-16-25)19-36-28-9-5-4-6-10-28/h4-16,18,20-22,29,36-37H,17,19,23H2,1-3H3,(H,38,39). The number of anilines is 1. The molecule has 0 aliphatic carbocycles. The van der Waals surface area contributed by atoms with Crippen LogP contribution in [0.4, 0.5) is 10.5 Å². The van der Waals surface area contributed by atoms with E-state index < -0.39 is 11.7 Å². The molecule has 41 heavy (non-hydrogen) atoms. The lowest BCUT2D eigenvalue weighted by atomic mass is 10.0. The number of aromatic amines is 1. The first kappa shape index (κ1) is 27.8. The third kappa shape index (κ3) is 7.88. The number of nitrogens with zero attached hydrogens (tertiary/aromatic N) is 1. The van der Waals surface area contributed by atoms with Crippen LogP contribution in [-0.4, -0.2) is 34.3 Å². The Hall–Kier alpha value is -4.78. The lowest BCUT2D eigenvalue weighted by Gasteiger charge is -2.24. The minimum absolute atomic E-state index is 0.258. The van der Waals surface area contributed by atoms with E-state index in [4.69, 9.17) is 9.47 Å². The van der Waals surface area contributed by atoms with Crippen LogP contribution in [0.5, 0.6) is 5.75 Å². The van der Waals surface area contributed by atoms with Gasteiger partial charge in [-0.15, -0.1) is 0 Å². The molecule has 5 aromatic rings. The third-order valence-electron chi connectivity index (χ3n) is 6.58. The van der Waals surface area contributed by atoms with E-state index in [0.29, 0.717) is 12.2 Å². The highest BCUT2D eigenvalue weighted by Gasteiger charge is 2.21. The highest BCUT2D eigenvalue weighted by atomic mass is 16.6. The molecule has 7 nitrogen and oxygen atoms in total. The van der Waals surface area contributed by atoms with Gasteiger partial charge in [-0.05, 0) is 68.1 Å². The number of amides is 1. The van der Waals surface area contributed by atoms with Crippen molar-refractivity contribution in [1.29, 1.82) is 0 Å². The van der Waals surface area contributed by atoms with Crippen molar-refractivity contribution in [3.8, 4) is 16.9 Å². The van der Waals surface area contributed by atoms with Gasteiger partial charge in [-0.2, -0.15) is 0 Å². The summed E-state index contributed by atoms with van der Waals surface area (Å²) in [5, 5.41) is 7.55. The molecule has 3 aromatic carbocycles. The van der Waals surface area contributed by atoms with Crippen molar-refractivity contribution in [2.75, 3.05) is 11.9 Å². The van der Waals surface area contributed by atoms with Gasteiger partial charge in [0.25, 0.3) is 0 Å². The molecule has 5 rings (SSSR count). The summed E-state index contributed by atoms with van der Waals surface area (Å²) in [6.45, 7) is 6.55. The fraction of sp³-hybridized carbons (Fsp3) is 0.235. The molecule has 0 saturated carbocycles. The summed E-state index contributed by atoms with van der Waals surface area (Å²) in [4.78, 5) is 20.4. The molecule has 1 amide bonds. The van der Waals surface area contributed by atoms with Gasteiger partial charge in [-0.25, -0.2) is 4.79 Å². The number of carbonyl (C=O) groups excluding carboxylic acids is 1. The van der Waals surface area contributed by atoms with Gasteiger partial charge < -0.3 is 25.1 Å². The number of fused-ring (bicyclic) bond motifs is 1. The van der Waals surface area contributed by atoms with Crippen molar-refractivity contribution in [3.05, 3.63) is 115 Å². The Morgan fingerprint density at radius 2 is 1.68 bits per heavy atom. The van der Waals surface area contributed by atoms with Crippen LogP contribution in [0.15, 0.2) is 104 Å². The first-order chi connectivity index (χ1) is 19.8. The number of carbonyl (C=O) groups is 1. The second kappa shape index (κ2) is 12.6. The maximum Gasteiger partial charge on any atom is 0.408 e. The number of benzene rings is 3. The van der Waals surface area contributed by atoms with Crippen LogP contribution in [0.3, 0.4) is 0 Å². The molecule has 1 unspecified atom stereocenters. The van der Waals surface area contributed by atoms with E-state index in [-0.39, 0.29) is 12.6 Å². The molecule has 1 atom stereocenters. The molecule has 0 fully saturated rings. The SMILES string of the molecule is CC(C)(C)OC(=O)NC(COc1cncc(-c2ccc(CNc3ccccc3)cc2)c1)Cc1c[nH]c2ccccc12. The number of para-hydroxylation sites is 2. The highest BCUT2D eigenvalue weighted by molar-refractivity contribution is 5.83. The van der Waals surface area contributed by atoms with Crippen molar-refractivity contribution in [2.24, 2.45) is 0 Å². The van der Waals surface area contributed by atoms with Gasteiger partial charge in [-0.3, -0.25) is 4.98 Å². The highest BCUT2D eigenvalue weighted by Crippen LogP contribution is 2.24. The third-order valence-corrected chi connectivity index (χ3v) is 6.58. The first-order valence-electron chi connectivity index (χ1n) is 13.8. The number of pyridine rings is 1. The molecule has 0 aliphatic rings. The second-order valence-corrected chi connectivity index (χ2v) is 11.0. The van der Waals surface area contributed by atoms with Crippen molar-refractivity contribution in [1.82, 2.24) is 15.3 Å². The Balaban J connectivity index is 1.25. The Kier molecular flexibility index (Phi) is 8.53. The van der Waals surface area contributed by atoms with Gasteiger partial charge in [0.1, 0.15) is 18.0 Å². The quantitative estimate of drug-likeness (QED) is 0.170.